The highest BCUT2D eigenvalue weighted by Gasteiger charge is 2.66. The number of fused-ring (bicyclic) bond motifs is 2. The lowest BCUT2D eigenvalue weighted by Crippen LogP contribution is -2.70. The molecule has 69 heavy (non-hydrogen) atoms. The van der Waals surface area contributed by atoms with Crippen molar-refractivity contribution in [2.75, 3.05) is 33.0 Å². The molecule has 3 aliphatic rings. The van der Waals surface area contributed by atoms with Crippen LogP contribution >= 0.6 is 0 Å². The number of aliphatic hydroxyl groups is 2. The summed E-state index contributed by atoms with van der Waals surface area (Å²) in [5.74, 6) is -2.02. The van der Waals surface area contributed by atoms with E-state index in [2.05, 4.69) is 12.7 Å². The van der Waals surface area contributed by atoms with Crippen LogP contribution in [-0.4, -0.2) is 82.3 Å². The molecule has 0 aromatic heterocycles. The highest BCUT2D eigenvalue weighted by molar-refractivity contribution is 6.03. The van der Waals surface area contributed by atoms with Crippen LogP contribution in [0, 0.1) is 33.7 Å². The lowest BCUT2D eigenvalue weighted by molar-refractivity contribution is -0.384. The summed E-state index contributed by atoms with van der Waals surface area (Å²) >= 11 is 0. The number of ether oxygens (including phenoxy) is 5. The molecule has 7 rings (SSSR count). The maximum Gasteiger partial charge on any atom is 0.410 e. The Morgan fingerprint density at radius 1 is 0.942 bits per heavy atom. The van der Waals surface area contributed by atoms with E-state index in [0.717, 1.165) is 29.5 Å². The fraction of sp³-hybridized carbons (Fsp3) is 0.444. The number of nitro groups is 1. The van der Waals surface area contributed by atoms with Gasteiger partial charge in [-0.1, -0.05) is 78.7 Å². The van der Waals surface area contributed by atoms with E-state index in [0.29, 0.717) is 55.1 Å². The number of hydrogen-bond donors (Lipinski definition) is 2. The molecule has 368 valence electrons. The number of halogens is 1. The van der Waals surface area contributed by atoms with Crippen molar-refractivity contribution in [3.8, 4) is 17.2 Å². The second-order valence-electron chi connectivity index (χ2n) is 18.7. The van der Waals surface area contributed by atoms with E-state index in [1.54, 1.807) is 47.4 Å². The third-order valence-corrected chi connectivity index (χ3v) is 12.8. The molecule has 1 saturated carbocycles. The van der Waals surface area contributed by atoms with Crippen LogP contribution in [0.25, 0.3) is 0 Å². The molecule has 15 heteroatoms. The fourth-order valence-electron chi connectivity index (χ4n) is 9.82. The van der Waals surface area contributed by atoms with Gasteiger partial charge in [0.25, 0.3) is 5.69 Å². The molecule has 1 fully saturated rings. The summed E-state index contributed by atoms with van der Waals surface area (Å²) in [5, 5.41) is 36.6. The van der Waals surface area contributed by atoms with Gasteiger partial charge in [0.05, 0.1) is 42.4 Å². The summed E-state index contributed by atoms with van der Waals surface area (Å²) in [6.07, 6.45) is 7.38. The number of carbonyl (C=O) groups is 1. The van der Waals surface area contributed by atoms with E-state index in [1.807, 2.05) is 57.2 Å². The number of oxime groups is 1. The molecule has 1 amide bonds. The van der Waals surface area contributed by atoms with E-state index in [1.165, 1.54) is 24.3 Å². The molecular formula is C54H64FN3O11. The van der Waals surface area contributed by atoms with E-state index in [-0.39, 0.29) is 75.2 Å². The Kier molecular flexibility index (Phi) is 17.2. The Labute approximate surface area is 403 Å². The van der Waals surface area contributed by atoms with Crippen molar-refractivity contribution in [2.45, 2.75) is 102 Å². The molecule has 1 aliphatic heterocycles. The first-order valence-corrected chi connectivity index (χ1v) is 23.8. The monoisotopic (exact) mass is 949 g/mol. The van der Waals surface area contributed by atoms with Crippen LogP contribution in [0.15, 0.2) is 127 Å². The largest absolute Gasteiger partial charge is 0.459 e. The van der Waals surface area contributed by atoms with Gasteiger partial charge in [-0.25, -0.2) is 9.18 Å². The van der Waals surface area contributed by atoms with E-state index in [9.17, 15) is 29.5 Å². The van der Waals surface area contributed by atoms with Crippen LogP contribution in [-0.2, 0) is 32.2 Å². The normalized spacial score (nSPS) is 22.1. The average molecular weight is 950 g/mol. The molecule has 2 N–H and O–H groups in total. The quantitative estimate of drug-likeness (QED) is 0.0314. The van der Waals surface area contributed by atoms with Crippen molar-refractivity contribution in [1.82, 2.24) is 4.90 Å². The first-order chi connectivity index (χ1) is 33.3. The zero-order valence-corrected chi connectivity index (χ0v) is 39.7. The predicted molar refractivity (Wildman–Crippen MR) is 258 cm³/mol. The molecule has 0 saturated heterocycles. The summed E-state index contributed by atoms with van der Waals surface area (Å²) in [6.45, 7) is 10.2. The standard InChI is InChI=1S/C54H64FN3O11/c1-5-28-66-54-49(57(35-37-20-22-40(55)23-21-37)52(61)65-30-29-64-36-38-14-7-6-8-15-38)34-47(56-69-53(2,3)4)45-31-39(16-9-11-26-59)44(19-10-12-27-60)50(51(45)54)46-33-43(24-25-48(46)68-54)67-42-18-13-17-41(32-42)58(62)63/h5-8,13-15,17-18,20-25,31-33,39,44,49-51,59-60H,1,9-12,16,19,26-30,34-36H2,2-4H3/t39-,44+,49-,50+,51+,54+/m0/s1. The molecule has 0 unspecified atom stereocenters. The lowest BCUT2D eigenvalue weighted by atomic mass is 9.55. The molecular weight excluding hydrogens is 886 g/mol. The molecule has 4 aromatic carbocycles. The van der Waals surface area contributed by atoms with E-state index in [4.69, 9.17) is 33.7 Å². The molecule has 0 radical (unpaired) electrons. The number of nitrogens with zero attached hydrogens (tertiary/aromatic N) is 3. The number of amides is 1. The van der Waals surface area contributed by atoms with Crippen LogP contribution in [0.1, 0.15) is 88.3 Å². The number of carbonyl (C=O) groups excluding carboxylic acids is 1. The number of hydrogen-bond acceptors (Lipinski definition) is 12. The molecule has 14 nitrogen and oxygen atoms in total. The minimum Gasteiger partial charge on any atom is -0.459 e. The van der Waals surface area contributed by atoms with Gasteiger partial charge in [0.2, 0.25) is 5.79 Å². The van der Waals surface area contributed by atoms with Crippen molar-refractivity contribution in [2.24, 2.45) is 22.9 Å². The summed E-state index contributed by atoms with van der Waals surface area (Å²) in [6, 6.07) is 26.1. The van der Waals surface area contributed by atoms with Crippen LogP contribution in [0.5, 0.6) is 17.2 Å². The molecule has 6 atom stereocenters. The van der Waals surface area contributed by atoms with Crippen molar-refractivity contribution in [3.05, 3.63) is 154 Å². The summed E-state index contributed by atoms with van der Waals surface area (Å²) < 4.78 is 47.2. The summed E-state index contributed by atoms with van der Waals surface area (Å²) in [7, 11) is 0. The minimum absolute atomic E-state index is 0.0190. The molecule has 2 aliphatic carbocycles. The smallest absolute Gasteiger partial charge is 0.410 e. The van der Waals surface area contributed by atoms with Crippen LogP contribution in [0.3, 0.4) is 0 Å². The van der Waals surface area contributed by atoms with Crippen molar-refractivity contribution in [3.63, 3.8) is 0 Å². The average Bonchev–Trinajstić information content (AvgIpc) is 3.33. The highest BCUT2D eigenvalue weighted by Crippen LogP contribution is 2.62. The van der Waals surface area contributed by atoms with Gasteiger partial charge in [0.1, 0.15) is 41.3 Å². The fourth-order valence-corrected chi connectivity index (χ4v) is 9.82. The number of non-ortho nitro benzene ring substituents is 1. The molecule has 4 aromatic rings. The van der Waals surface area contributed by atoms with Gasteiger partial charge in [-0.15, -0.1) is 6.58 Å². The van der Waals surface area contributed by atoms with Crippen molar-refractivity contribution >= 4 is 17.5 Å². The van der Waals surface area contributed by atoms with Crippen LogP contribution in [0.2, 0.25) is 0 Å². The summed E-state index contributed by atoms with van der Waals surface area (Å²) in [5.41, 5.74) is 3.01. The molecule has 0 spiro atoms. The number of nitro benzene ring substituents is 1. The van der Waals surface area contributed by atoms with Gasteiger partial charge in [-0.2, -0.15) is 0 Å². The number of aliphatic hydroxyl groups excluding tert-OH is 2. The topological polar surface area (TPSA) is 172 Å². The third kappa shape index (κ3) is 12.6. The SMILES string of the molecule is C=CCO[C@@]12Oc3ccc(Oc4cccc([N+](=O)[O-])c4)cc3[C@H]3[C@H](CCCCO)[C@@H](CCCCO)C=C(C(=NOC(C)(C)C)C[C@@H]1N(Cc1ccc(F)cc1)C(=O)OCCOCc1ccccc1)[C@H]32. The van der Waals surface area contributed by atoms with Gasteiger partial charge in [0, 0.05) is 43.7 Å². The minimum atomic E-state index is -1.62. The Hall–Kier alpha value is -6.13. The van der Waals surface area contributed by atoms with Crippen molar-refractivity contribution < 1.29 is 52.8 Å². The summed E-state index contributed by atoms with van der Waals surface area (Å²) in [4.78, 5) is 34.0. The molecule has 0 bridgehead atoms. The van der Waals surface area contributed by atoms with E-state index >= 15 is 0 Å². The Balaban J connectivity index is 1.40. The van der Waals surface area contributed by atoms with Gasteiger partial charge in [-0.05, 0) is 111 Å². The Morgan fingerprint density at radius 3 is 2.39 bits per heavy atom. The first kappa shape index (κ1) is 50.7. The third-order valence-electron chi connectivity index (χ3n) is 12.8. The first-order valence-electron chi connectivity index (χ1n) is 23.8. The number of unbranched alkanes of at least 4 members (excludes halogenated alkanes) is 2. The predicted octanol–water partition coefficient (Wildman–Crippen LogP) is 10.8. The Bertz CT molecular complexity index is 2420. The maximum atomic E-state index is 14.9. The van der Waals surface area contributed by atoms with Gasteiger partial charge in [0.15, 0.2) is 0 Å². The maximum absolute atomic E-state index is 14.9. The number of allylic oxidation sites excluding steroid dienone is 1. The number of rotatable bonds is 23. The zero-order valence-electron chi connectivity index (χ0n) is 39.7. The van der Waals surface area contributed by atoms with Gasteiger partial charge < -0.3 is 38.7 Å². The second-order valence-corrected chi connectivity index (χ2v) is 18.7. The Morgan fingerprint density at radius 2 is 1.68 bits per heavy atom. The van der Waals surface area contributed by atoms with E-state index < -0.39 is 40.2 Å². The second kappa shape index (κ2) is 23.5. The van der Waals surface area contributed by atoms with Crippen LogP contribution < -0.4 is 9.47 Å². The van der Waals surface area contributed by atoms with Crippen molar-refractivity contribution in [1.29, 1.82) is 0 Å². The number of benzene rings is 4. The van der Waals surface area contributed by atoms with Crippen LogP contribution in [0.4, 0.5) is 14.9 Å². The van der Waals surface area contributed by atoms with Gasteiger partial charge in [-0.3, -0.25) is 15.0 Å². The lowest BCUT2D eigenvalue weighted by Gasteiger charge is -2.60. The van der Waals surface area contributed by atoms with Gasteiger partial charge >= 0.3 is 6.09 Å². The highest BCUT2D eigenvalue weighted by atomic mass is 19.1. The zero-order chi connectivity index (χ0) is 49.0. The molecule has 1 heterocycles.